The Balaban J connectivity index is 1.88. The Labute approximate surface area is 128 Å². The molecular formula is C16H20BrNS. The number of aryl methyl sites for hydroxylation is 1. The molecule has 0 bridgehead atoms. The quantitative estimate of drug-likeness (QED) is 0.629. The van der Waals surface area contributed by atoms with Crippen LogP contribution in [0.1, 0.15) is 31.7 Å². The molecule has 3 heteroatoms. The maximum absolute atomic E-state index is 4.73. The lowest BCUT2D eigenvalue weighted by Gasteiger charge is -2.12. The van der Waals surface area contributed by atoms with Gasteiger partial charge in [-0.3, -0.25) is 0 Å². The number of aromatic nitrogens is 1. The first-order valence-electron chi connectivity index (χ1n) is 6.80. The van der Waals surface area contributed by atoms with Crippen LogP contribution in [-0.4, -0.2) is 9.81 Å². The molecule has 0 saturated carbocycles. The molecule has 0 saturated heterocycles. The molecule has 1 aromatic heterocycles. The molecule has 0 fully saturated rings. The van der Waals surface area contributed by atoms with E-state index in [-0.39, 0.29) is 0 Å². The molecule has 0 radical (unpaired) electrons. The minimum atomic E-state index is 0.626. The lowest BCUT2D eigenvalue weighted by molar-refractivity contribution is 0.562. The van der Waals surface area contributed by atoms with Crippen LogP contribution < -0.4 is 0 Å². The zero-order valence-electron chi connectivity index (χ0n) is 11.5. The Morgan fingerprint density at radius 3 is 2.63 bits per heavy atom. The van der Waals surface area contributed by atoms with Gasteiger partial charge in [-0.05, 0) is 25.2 Å². The molecule has 2 aromatic rings. The van der Waals surface area contributed by atoms with E-state index in [1.807, 2.05) is 6.07 Å². The van der Waals surface area contributed by atoms with Gasteiger partial charge in [-0.2, -0.15) is 0 Å². The Morgan fingerprint density at radius 1 is 1.21 bits per heavy atom. The average Bonchev–Trinajstić information content (AvgIpc) is 2.88. The van der Waals surface area contributed by atoms with Gasteiger partial charge in [0.05, 0.1) is 10.7 Å². The highest BCUT2D eigenvalue weighted by Crippen LogP contribution is 2.24. The minimum absolute atomic E-state index is 0.626. The molecule has 102 valence electrons. The van der Waals surface area contributed by atoms with Crippen LogP contribution in [-0.2, 0) is 6.42 Å². The van der Waals surface area contributed by atoms with Crippen LogP contribution in [0.4, 0.5) is 0 Å². The van der Waals surface area contributed by atoms with Gasteiger partial charge in [0.25, 0.3) is 0 Å². The molecule has 0 aliphatic heterocycles. The van der Waals surface area contributed by atoms with Crippen molar-refractivity contribution in [1.82, 2.24) is 4.98 Å². The molecule has 1 atom stereocenters. The minimum Gasteiger partial charge on any atom is -0.241 e. The fourth-order valence-electron chi connectivity index (χ4n) is 1.95. The van der Waals surface area contributed by atoms with Crippen molar-refractivity contribution in [2.45, 2.75) is 37.9 Å². The standard InChI is InChI=1S/C16H20BrNS/c1-12(2)14(17)9-6-10-16-18-15(11-19-16)13-7-4-3-5-8-13/h3-5,7-8,11-12,14H,6,9-10H2,1-2H3. The van der Waals surface area contributed by atoms with Crippen molar-refractivity contribution in [2.75, 3.05) is 0 Å². The predicted octanol–water partition coefficient (Wildman–Crippen LogP) is 5.55. The fourth-order valence-corrected chi connectivity index (χ4v) is 3.12. The molecule has 0 amide bonds. The molecule has 1 heterocycles. The maximum Gasteiger partial charge on any atom is 0.0932 e. The van der Waals surface area contributed by atoms with E-state index in [9.17, 15) is 0 Å². The van der Waals surface area contributed by atoms with E-state index in [1.54, 1.807) is 11.3 Å². The summed E-state index contributed by atoms with van der Waals surface area (Å²) in [5.74, 6) is 0.705. The molecule has 0 N–H and O–H groups in total. The largest absolute Gasteiger partial charge is 0.241 e. The number of hydrogen-bond acceptors (Lipinski definition) is 2. The first-order valence-corrected chi connectivity index (χ1v) is 8.60. The second-order valence-electron chi connectivity index (χ2n) is 5.14. The Hall–Kier alpha value is -0.670. The first kappa shape index (κ1) is 14.7. The zero-order valence-corrected chi connectivity index (χ0v) is 13.9. The maximum atomic E-state index is 4.73. The molecular weight excluding hydrogens is 318 g/mol. The summed E-state index contributed by atoms with van der Waals surface area (Å²) in [6.45, 7) is 4.52. The van der Waals surface area contributed by atoms with E-state index in [2.05, 4.69) is 59.4 Å². The average molecular weight is 338 g/mol. The molecule has 0 spiro atoms. The van der Waals surface area contributed by atoms with Gasteiger partial charge in [0.1, 0.15) is 0 Å². The summed E-state index contributed by atoms with van der Waals surface area (Å²) in [5, 5.41) is 3.42. The summed E-state index contributed by atoms with van der Waals surface area (Å²) < 4.78 is 0. The van der Waals surface area contributed by atoms with Gasteiger partial charge in [-0.25, -0.2) is 4.98 Å². The predicted molar refractivity (Wildman–Crippen MR) is 88.0 cm³/mol. The van der Waals surface area contributed by atoms with Crippen LogP contribution in [0, 0.1) is 5.92 Å². The topological polar surface area (TPSA) is 12.9 Å². The fraction of sp³-hybridized carbons (Fsp3) is 0.438. The van der Waals surface area contributed by atoms with Crippen LogP contribution in [0.3, 0.4) is 0 Å². The lowest BCUT2D eigenvalue weighted by Crippen LogP contribution is -2.06. The SMILES string of the molecule is CC(C)C(Br)CCCc1nc(-c2ccccc2)cs1. The molecule has 1 unspecified atom stereocenters. The normalized spacial score (nSPS) is 12.8. The second kappa shape index (κ2) is 7.20. The zero-order chi connectivity index (χ0) is 13.7. The van der Waals surface area contributed by atoms with Crippen molar-refractivity contribution in [3.8, 4) is 11.3 Å². The lowest BCUT2D eigenvalue weighted by atomic mass is 10.1. The van der Waals surface area contributed by atoms with Crippen LogP contribution in [0.15, 0.2) is 35.7 Å². The second-order valence-corrected chi connectivity index (χ2v) is 7.26. The molecule has 1 nitrogen and oxygen atoms in total. The number of thiazole rings is 1. The van der Waals surface area contributed by atoms with Gasteiger partial charge in [0, 0.05) is 15.8 Å². The van der Waals surface area contributed by atoms with E-state index in [4.69, 9.17) is 4.98 Å². The molecule has 2 rings (SSSR count). The van der Waals surface area contributed by atoms with Gasteiger partial charge in [-0.15, -0.1) is 11.3 Å². The van der Waals surface area contributed by atoms with Gasteiger partial charge in [-0.1, -0.05) is 60.1 Å². The van der Waals surface area contributed by atoms with E-state index in [1.165, 1.54) is 23.4 Å². The first-order chi connectivity index (χ1) is 9.16. The number of hydrogen-bond donors (Lipinski definition) is 0. The van der Waals surface area contributed by atoms with Crippen molar-refractivity contribution >= 4 is 27.3 Å². The summed E-state index contributed by atoms with van der Waals surface area (Å²) >= 11 is 5.52. The van der Waals surface area contributed by atoms with Gasteiger partial charge >= 0.3 is 0 Å². The highest BCUT2D eigenvalue weighted by atomic mass is 79.9. The van der Waals surface area contributed by atoms with Crippen LogP contribution in [0.5, 0.6) is 0 Å². The van der Waals surface area contributed by atoms with Gasteiger partial charge in [0.2, 0.25) is 0 Å². The van der Waals surface area contributed by atoms with Crippen LogP contribution in [0.25, 0.3) is 11.3 Å². The van der Waals surface area contributed by atoms with Crippen molar-refractivity contribution in [3.05, 3.63) is 40.7 Å². The molecule has 19 heavy (non-hydrogen) atoms. The third-order valence-electron chi connectivity index (χ3n) is 3.22. The molecule has 0 aliphatic rings. The highest BCUT2D eigenvalue weighted by molar-refractivity contribution is 9.09. The smallest absolute Gasteiger partial charge is 0.0932 e. The number of rotatable bonds is 6. The number of benzene rings is 1. The van der Waals surface area contributed by atoms with Crippen molar-refractivity contribution in [3.63, 3.8) is 0 Å². The van der Waals surface area contributed by atoms with Crippen molar-refractivity contribution in [2.24, 2.45) is 5.92 Å². The van der Waals surface area contributed by atoms with Gasteiger partial charge in [0.15, 0.2) is 0 Å². The number of alkyl halides is 1. The third kappa shape index (κ3) is 4.43. The summed E-state index contributed by atoms with van der Waals surface area (Å²) in [7, 11) is 0. The van der Waals surface area contributed by atoms with Crippen molar-refractivity contribution < 1.29 is 0 Å². The highest BCUT2D eigenvalue weighted by Gasteiger charge is 2.09. The Morgan fingerprint density at radius 2 is 1.95 bits per heavy atom. The number of halogens is 1. The Bertz CT molecular complexity index is 492. The van der Waals surface area contributed by atoms with E-state index >= 15 is 0 Å². The Kier molecular flexibility index (Phi) is 5.59. The van der Waals surface area contributed by atoms with Crippen LogP contribution >= 0.6 is 27.3 Å². The monoisotopic (exact) mass is 337 g/mol. The van der Waals surface area contributed by atoms with Crippen LogP contribution in [0.2, 0.25) is 0 Å². The van der Waals surface area contributed by atoms with Gasteiger partial charge < -0.3 is 0 Å². The molecule has 0 aliphatic carbocycles. The van der Waals surface area contributed by atoms with E-state index in [0.29, 0.717) is 10.7 Å². The van der Waals surface area contributed by atoms with E-state index < -0.39 is 0 Å². The number of nitrogens with zero attached hydrogens (tertiary/aromatic N) is 1. The van der Waals surface area contributed by atoms with E-state index in [0.717, 1.165) is 12.1 Å². The van der Waals surface area contributed by atoms with Crippen molar-refractivity contribution in [1.29, 1.82) is 0 Å². The summed E-state index contributed by atoms with van der Waals surface area (Å²) in [6.07, 6.45) is 3.51. The third-order valence-corrected chi connectivity index (χ3v) is 5.64. The molecule has 1 aromatic carbocycles. The summed E-state index contributed by atoms with van der Waals surface area (Å²) in [6, 6.07) is 10.4. The summed E-state index contributed by atoms with van der Waals surface area (Å²) in [5.41, 5.74) is 2.32. The summed E-state index contributed by atoms with van der Waals surface area (Å²) in [4.78, 5) is 5.35.